The van der Waals surface area contributed by atoms with Crippen LogP contribution in [0.2, 0.25) is 0 Å². The summed E-state index contributed by atoms with van der Waals surface area (Å²) < 4.78 is 4.73. The highest BCUT2D eigenvalue weighted by Gasteiger charge is 2.08. The fraction of sp³-hybridized carbons (Fsp3) is 0.462. The molecule has 0 saturated heterocycles. The van der Waals surface area contributed by atoms with Gasteiger partial charge in [0.15, 0.2) is 0 Å². The summed E-state index contributed by atoms with van der Waals surface area (Å²) in [5, 5.41) is 0. The first kappa shape index (κ1) is 13.3. The van der Waals surface area contributed by atoms with Crippen molar-refractivity contribution in [2.45, 2.75) is 39.9 Å². The van der Waals surface area contributed by atoms with E-state index in [0.29, 0.717) is 6.54 Å². The van der Waals surface area contributed by atoms with E-state index in [9.17, 15) is 9.59 Å². The fourth-order valence-electron chi connectivity index (χ4n) is 2.04. The summed E-state index contributed by atoms with van der Waals surface area (Å²) in [4.78, 5) is 28.1. The highest BCUT2D eigenvalue weighted by atomic mass is 16.2. The number of hydrogen-bond donors (Lipinski definition) is 0. The van der Waals surface area contributed by atoms with Gasteiger partial charge in [0.1, 0.15) is 0 Å². The van der Waals surface area contributed by atoms with Crippen molar-refractivity contribution in [2.75, 3.05) is 0 Å². The molecule has 0 aliphatic rings. The van der Waals surface area contributed by atoms with Crippen molar-refractivity contribution >= 4 is 0 Å². The number of aryl methyl sites for hydroxylation is 2. The quantitative estimate of drug-likeness (QED) is 0.796. The van der Waals surface area contributed by atoms with Gasteiger partial charge in [-0.25, -0.2) is 9.78 Å². The van der Waals surface area contributed by atoms with Gasteiger partial charge in [0.05, 0.1) is 18.6 Å². The van der Waals surface area contributed by atoms with Crippen molar-refractivity contribution in [3.63, 3.8) is 0 Å². The maximum atomic E-state index is 12.2. The zero-order valence-electron chi connectivity index (χ0n) is 11.2. The van der Waals surface area contributed by atoms with E-state index < -0.39 is 0 Å². The minimum absolute atomic E-state index is 0.260. The summed E-state index contributed by atoms with van der Waals surface area (Å²) in [6.45, 7) is 5.63. The van der Waals surface area contributed by atoms with E-state index in [2.05, 4.69) is 4.98 Å². The highest BCUT2D eigenvalue weighted by Crippen LogP contribution is 1.99. The SMILES string of the molecule is CCCn1ccc(=O)n(Cc2cncn2CC)c1=O. The molecular formula is C13H18N4O2. The van der Waals surface area contributed by atoms with E-state index in [1.165, 1.54) is 10.6 Å². The topological polar surface area (TPSA) is 61.8 Å². The van der Waals surface area contributed by atoms with E-state index in [4.69, 9.17) is 0 Å². The van der Waals surface area contributed by atoms with Crippen LogP contribution >= 0.6 is 0 Å². The number of hydrogen-bond acceptors (Lipinski definition) is 3. The van der Waals surface area contributed by atoms with Crippen molar-refractivity contribution in [2.24, 2.45) is 0 Å². The van der Waals surface area contributed by atoms with Crippen molar-refractivity contribution in [1.82, 2.24) is 18.7 Å². The molecule has 0 aliphatic heterocycles. The van der Waals surface area contributed by atoms with Gasteiger partial charge in [-0.1, -0.05) is 6.92 Å². The first-order valence-electron chi connectivity index (χ1n) is 6.46. The van der Waals surface area contributed by atoms with E-state index in [-0.39, 0.29) is 17.8 Å². The van der Waals surface area contributed by atoms with Crippen molar-refractivity contribution in [3.8, 4) is 0 Å². The predicted molar refractivity (Wildman–Crippen MR) is 72.3 cm³/mol. The fourth-order valence-corrected chi connectivity index (χ4v) is 2.04. The predicted octanol–water partition coefficient (Wildman–Crippen LogP) is 0.685. The second kappa shape index (κ2) is 5.69. The zero-order valence-corrected chi connectivity index (χ0v) is 11.2. The molecule has 0 aromatic carbocycles. The average Bonchev–Trinajstić information content (AvgIpc) is 2.85. The van der Waals surface area contributed by atoms with Gasteiger partial charge in [0.2, 0.25) is 0 Å². The van der Waals surface area contributed by atoms with Gasteiger partial charge in [-0.15, -0.1) is 0 Å². The van der Waals surface area contributed by atoms with Crippen molar-refractivity contribution in [3.05, 3.63) is 51.3 Å². The van der Waals surface area contributed by atoms with Crippen LogP contribution in [-0.2, 0) is 19.6 Å². The molecule has 19 heavy (non-hydrogen) atoms. The van der Waals surface area contributed by atoms with E-state index in [1.807, 2.05) is 18.4 Å². The third-order valence-electron chi connectivity index (χ3n) is 3.06. The number of imidazole rings is 1. The van der Waals surface area contributed by atoms with Gasteiger partial charge >= 0.3 is 5.69 Å². The largest absolute Gasteiger partial charge is 0.333 e. The molecular weight excluding hydrogens is 244 g/mol. The lowest BCUT2D eigenvalue weighted by molar-refractivity contribution is 0.556. The minimum atomic E-state index is -0.277. The maximum absolute atomic E-state index is 12.2. The minimum Gasteiger partial charge on any atom is -0.333 e. The van der Waals surface area contributed by atoms with Crippen LogP contribution in [0.4, 0.5) is 0 Å². The number of aromatic nitrogens is 4. The molecule has 102 valence electrons. The van der Waals surface area contributed by atoms with Crippen molar-refractivity contribution < 1.29 is 0 Å². The lowest BCUT2D eigenvalue weighted by Crippen LogP contribution is -2.39. The van der Waals surface area contributed by atoms with Crippen LogP contribution in [0.25, 0.3) is 0 Å². The molecule has 0 bridgehead atoms. The molecule has 0 spiro atoms. The smallest absolute Gasteiger partial charge is 0.331 e. The lowest BCUT2D eigenvalue weighted by Gasteiger charge is -2.10. The molecule has 0 N–H and O–H groups in total. The Bertz CT molecular complexity index is 666. The standard InChI is InChI=1S/C13H18N4O2/c1-3-6-16-7-5-12(18)17(13(16)19)9-11-8-14-10-15(11)4-2/h5,7-8,10H,3-4,6,9H2,1-2H3. The highest BCUT2D eigenvalue weighted by molar-refractivity contribution is 5.00. The summed E-state index contributed by atoms with van der Waals surface area (Å²) in [6.07, 6.45) is 5.80. The van der Waals surface area contributed by atoms with Gasteiger partial charge in [0.25, 0.3) is 5.56 Å². The molecule has 6 heteroatoms. The first-order chi connectivity index (χ1) is 9.17. The van der Waals surface area contributed by atoms with E-state index in [1.54, 1.807) is 23.3 Å². The Hall–Kier alpha value is -2.11. The maximum Gasteiger partial charge on any atom is 0.331 e. The molecule has 2 heterocycles. The van der Waals surface area contributed by atoms with Crippen LogP contribution in [0.1, 0.15) is 26.0 Å². The monoisotopic (exact) mass is 262 g/mol. The Morgan fingerprint density at radius 2 is 2.00 bits per heavy atom. The molecule has 6 nitrogen and oxygen atoms in total. The average molecular weight is 262 g/mol. The second-order valence-corrected chi connectivity index (χ2v) is 4.39. The summed E-state index contributed by atoms with van der Waals surface area (Å²) in [5.74, 6) is 0. The number of nitrogens with zero attached hydrogens (tertiary/aromatic N) is 4. The van der Waals surface area contributed by atoms with E-state index in [0.717, 1.165) is 18.7 Å². The summed E-state index contributed by atoms with van der Waals surface area (Å²) in [6, 6.07) is 1.43. The zero-order chi connectivity index (χ0) is 13.8. The van der Waals surface area contributed by atoms with Crippen molar-refractivity contribution in [1.29, 1.82) is 0 Å². The molecule has 0 amide bonds. The van der Waals surface area contributed by atoms with Crippen LogP contribution < -0.4 is 11.2 Å². The van der Waals surface area contributed by atoms with Gasteiger partial charge in [-0.05, 0) is 13.3 Å². The summed E-state index contributed by atoms with van der Waals surface area (Å²) in [5.41, 5.74) is 0.315. The number of rotatable bonds is 5. The van der Waals surface area contributed by atoms with Gasteiger partial charge < -0.3 is 9.13 Å². The Morgan fingerprint density at radius 3 is 2.68 bits per heavy atom. The van der Waals surface area contributed by atoms with Gasteiger partial charge in [0, 0.05) is 31.5 Å². The Labute approximate surface area is 110 Å². The Morgan fingerprint density at radius 1 is 1.21 bits per heavy atom. The Kier molecular flexibility index (Phi) is 3.99. The van der Waals surface area contributed by atoms with Crippen LogP contribution in [0.3, 0.4) is 0 Å². The molecule has 0 fully saturated rings. The second-order valence-electron chi connectivity index (χ2n) is 4.39. The summed E-state index contributed by atoms with van der Waals surface area (Å²) >= 11 is 0. The summed E-state index contributed by atoms with van der Waals surface area (Å²) in [7, 11) is 0. The first-order valence-corrected chi connectivity index (χ1v) is 6.46. The molecule has 2 rings (SSSR count). The van der Waals surface area contributed by atoms with Crippen LogP contribution in [0, 0.1) is 0 Å². The normalized spacial score (nSPS) is 10.8. The molecule has 2 aromatic heterocycles. The third-order valence-corrected chi connectivity index (χ3v) is 3.06. The Balaban J connectivity index is 2.42. The lowest BCUT2D eigenvalue weighted by atomic mass is 10.4. The molecule has 0 unspecified atom stereocenters. The molecule has 2 aromatic rings. The molecule has 0 aliphatic carbocycles. The van der Waals surface area contributed by atoms with Crippen LogP contribution in [0.5, 0.6) is 0 Å². The van der Waals surface area contributed by atoms with Crippen LogP contribution in [-0.4, -0.2) is 18.7 Å². The molecule has 0 saturated carbocycles. The van der Waals surface area contributed by atoms with E-state index >= 15 is 0 Å². The van der Waals surface area contributed by atoms with Crippen LogP contribution in [0.15, 0.2) is 34.4 Å². The third kappa shape index (κ3) is 2.67. The molecule has 0 atom stereocenters. The van der Waals surface area contributed by atoms with Gasteiger partial charge in [-0.2, -0.15) is 0 Å². The molecule has 0 radical (unpaired) electrons. The van der Waals surface area contributed by atoms with Gasteiger partial charge in [-0.3, -0.25) is 9.36 Å².